The molecule has 0 unspecified atom stereocenters. The van der Waals surface area contributed by atoms with Crippen molar-refractivity contribution < 1.29 is 14.3 Å². The summed E-state index contributed by atoms with van der Waals surface area (Å²) in [6.45, 7) is 5.01. The Morgan fingerprint density at radius 1 is 1.23 bits per heavy atom. The van der Waals surface area contributed by atoms with Gasteiger partial charge >= 0.3 is 6.09 Å². The van der Waals surface area contributed by atoms with Gasteiger partial charge in [0.15, 0.2) is 12.4 Å². The third kappa shape index (κ3) is 4.06. The molecule has 1 aliphatic rings. The summed E-state index contributed by atoms with van der Waals surface area (Å²) in [5.74, 6) is 6.64. The van der Waals surface area contributed by atoms with E-state index in [9.17, 15) is 4.79 Å². The number of carbonyl (C=O) groups excluding carboxylic acids is 1. The van der Waals surface area contributed by atoms with Crippen LogP contribution >= 0.6 is 0 Å². The molecule has 0 radical (unpaired) electrons. The normalized spacial score (nSPS) is 14.3. The Balaban J connectivity index is 1.48. The topological polar surface area (TPSA) is 82.4 Å². The van der Waals surface area contributed by atoms with Gasteiger partial charge in [0.1, 0.15) is 12.0 Å². The first-order chi connectivity index (χ1) is 14.7. The molecule has 3 aromatic heterocycles. The van der Waals surface area contributed by atoms with Crippen molar-refractivity contribution in [3.63, 3.8) is 0 Å². The molecule has 4 heterocycles. The van der Waals surface area contributed by atoms with Crippen molar-refractivity contribution >= 4 is 17.1 Å². The number of nitrogens with zero attached hydrogens (tertiary/aromatic N) is 5. The molecular formula is C22H23N5O3. The summed E-state index contributed by atoms with van der Waals surface area (Å²) in [6, 6.07) is 5.92. The van der Waals surface area contributed by atoms with Crippen LogP contribution in [0.25, 0.3) is 11.0 Å². The molecule has 0 saturated carbocycles. The van der Waals surface area contributed by atoms with Gasteiger partial charge in [-0.1, -0.05) is 5.92 Å². The molecule has 4 rings (SSSR count). The van der Waals surface area contributed by atoms with E-state index in [1.165, 1.54) is 6.33 Å². The summed E-state index contributed by atoms with van der Waals surface area (Å²) in [6.07, 6.45) is 6.59. The quantitative estimate of drug-likeness (QED) is 0.615. The van der Waals surface area contributed by atoms with Gasteiger partial charge in [0, 0.05) is 31.5 Å². The van der Waals surface area contributed by atoms with Crippen LogP contribution < -0.4 is 4.74 Å². The molecule has 8 heteroatoms. The van der Waals surface area contributed by atoms with E-state index >= 15 is 0 Å². The summed E-state index contributed by atoms with van der Waals surface area (Å²) >= 11 is 0. The SMILES string of the molecule is CC#CCOC(=O)N1CCC(n2ccc3c(Oc4cccnc4C)ncnc32)CC1. The molecule has 1 fully saturated rings. The number of fused-ring (bicyclic) bond motifs is 1. The summed E-state index contributed by atoms with van der Waals surface area (Å²) in [5.41, 5.74) is 1.62. The highest BCUT2D eigenvalue weighted by atomic mass is 16.6. The second-order valence-corrected chi connectivity index (χ2v) is 7.03. The molecule has 154 valence electrons. The van der Waals surface area contributed by atoms with E-state index in [0.29, 0.717) is 24.7 Å². The van der Waals surface area contributed by atoms with Crippen LogP contribution in [-0.4, -0.2) is 50.2 Å². The summed E-state index contributed by atoms with van der Waals surface area (Å²) in [4.78, 5) is 26.9. The van der Waals surface area contributed by atoms with Crippen LogP contribution in [0.3, 0.4) is 0 Å². The lowest BCUT2D eigenvalue weighted by atomic mass is 10.1. The Kier molecular flexibility index (Phi) is 5.80. The van der Waals surface area contributed by atoms with Crippen molar-refractivity contribution in [3.05, 3.63) is 42.6 Å². The molecule has 0 atom stereocenters. The molecule has 0 aliphatic carbocycles. The van der Waals surface area contributed by atoms with Gasteiger partial charge in [0.2, 0.25) is 5.88 Å². The second-order valence-electron chi connectivity index (χ2n) is 7.03. The largest absolute Gasteiger partial charge is 0.436 e. The third-order valence-corrected chi connectivity index (χ3v) is 5.20. The number of rotatable bonds is 4. The van der Waals surface area contributed by atoms with E-state index in [1.54, 1.807) is 18.0 Å². The van der Waals surface area contributed by atoms with Crippen LogP contribution in [0.2, 0.25) is 0 Å². The Morgan fingerprint density at radius 2 is 2.07 bits per heavy atom. The maximum absolute atomic E-state index is 12.1. The minimum atomic E-state index is -0.307. The van der Waals surface area contributed by atoms with E-state index in [-0.39, 0.29) is 18.7 Å². The Hall–Kier alpha value is -3.60. The van der Waals surface area contributed by atoms with E-state index < -0.39 is 0 Å². The average Bonchev–Trinajstić information content (AvgIpc) is 3.21. The predicted octanol–water partition coefficient (Wildman–Crippen LogP) is 3.72. The monoisotopic (exact) mass is 405 g/mol. The van der Waals surface area contributed by atoms with Gasteiger partial charge in [-0.15, -0.1) is 5.92 Å². The van der Waals surface area contributed by atoms with Gasteiger partial charge in [0.25, 0.3) is 0 Å². The lowest BCUT2D eigenvalue weighted by Crippen LogP contribution is -2.39. The lowest BCUT2D eigenvalue weighted by Gasteiger charge is -2.32. The predicted molar refractivity (Wildman–Crippen MR) is 111 cm³/mol. The van der Waals surface area contributed by atoms with Gasteiger partial charge in [-0.3, -0.25) is 4.98 Å². The second kappa shape index (κ2) is 8.82. The lowest BCUT2D eigenvalue weighted by molar-refractivity contribution is 0.0988. The van der Waals surface area contributed by atoms with Crippen LogP contribution in [0.4, 0.5) is 4.79 Å². The van der Waals surface area contributed by atoms with Gasteiger partial charge in [-0.25, -0.2) is 14.8 Å². The molecule has 1 aliphatic heterocycles. The Labute approximate surface area is 174 Å². The summed E-state index contributed by atoms with van der Waals surface area (Å²) in [5, 5.41) is 0.848. The van der Waals surface area contributed by atoms with Crippen molar-refractivity contribution in [2.45, 2.75) is 32.7 Å². The van der Waals surface area contributed by atoms with Gasteiger partial charge in [-0.2, -0.15) is 0 Å². The maximum Gasteiger partial charge on any atom is 0.410 e. The molecular weight excluding hydrogens is 382 g/mol. The number of hydrogen-bond donors (Lipinski definition) is 0. The zero-order valence-corrected chi connectivity index (χ0v) is 17.0. The van der Waals surface area contributed by atoms with Gasteiger partial charge in [-0.05, 0) is 44.9 Å². The number of pyridine rings is 1. The first kappa shape index (κ1) is 19.7. The van der Waals surface area contributed by atoms with Gasteiger partial charge < -0.3 is 18.9 Å². The number of aryl methyl sites for hydroxylation is 1. The smallest absolute Gasteiger partial charge is 0.410 e. The summed E-state index contributed by atoms with van der Waals surface area (Å²) < 4.78 is 13.3. The van der Waals surface area contributed by atoms with Crippen LogP contribution in [0.15, 0.2) is 36.9 Å². The van der Waals surface area contributed by atoms with Crippen LogP contribution in [0.1, 0.15) is 31.5 Å². The number of likely N-dealkylation sites (tertiary alicyclic amines) is 1. The number of piperidine rings is 1. The van der Waals surface area contributed by atoms with E-state index in [2.05, 4.69) is 31.4 Å². The minimum Gasteiger partial charge on any atom is -0.436 e. The molecule has 0 bridgehead atoms. The molecule has 30 heavy (non-hydrogen) atoms. The number of hydrogen-bond acceptors (Lipinski definition) is 6. The zero-order chi connectivity index (χ0) is 20.9. The molecule has 0 aromatic carbocycles. The first-order valence-corrected chi connectivity index (χ1v) is 9.89. The number of aromatic nitrogens is 4. The van der Waals surface area contributed by atoms with E-state index in [4.69, 9.17) is 9.47 Å². The fraction of sp³-hybridized carbons (Fsp3) is 0.364. The highest BCUT2D eigenvalue weighted by Crippen LogP contribution is 2.32. The van der Waals surface area contributed by atoms with E-state index in [0.717, 1.165) is 29.6 Å². The first-order valence-electron chi connectivity index (χ1n) is 9.89. The van der Waals surface area contributed by atoms with Crippen molar-refractivity contribution in [1.82, 2.24) is 24.4 Å². The van der Waals surface area contributed by atoms with Crippen molar-refractivity contribution in [2.24, 2.45) is 0 Å². The molecule has 0 spiro atoms. The van der Waals surface area contributed by atoms with E-state index in [1.807, 2.05) is 31.3 Å². The van der Waals surface area contributed by atoms with Crippen LogP contribution in [0.5, 0.6) is 11.6 Å². The van der Waals surface area contributed by atoms with Crippen LogP contribution in [-0.2, 0) is 4.74 Å². The van der Waals surface area contributed by atoms with Gasteiger partial charge in [0.05, 0.1) is 11.1 Å². The third-order valence-electron chi connectivity index (χ3n) is 5.20. The highest BCUT2D eigenvalue weighted by Gasteiger charge is 2.26. The molecule has 8 nitrogen and oxygen atoms in total. The van der Waals surface area contributed by atoms with Crippen molar-refractivity contribution in [3.8, 4) is 23.5 Å². The van der Waals surface area contributed by atoms with Crippen LogP contribution in [0, 0.1) is 18.8 Å². The number of ether oxygens (including phenoxy) is 2. The number of amides is 1. The zero-order valence-electron chi connectivity index (χ0n) is 17.0. The minimum absolute atomic E-state index is 0.133. The van der Waals surface area contributed by atoms with Crippen molar-refractivity contribution in [1.29, 1.82) is 0 Å². The molecule has 3 aromatic rings. The molecule has 1 amide bonds. The standard InChI is InChI=1S/C22H23N5O3/c1-3-4-14-29-22(28)26-11-7-17(8-12-26)27-13-9-18-20(27)24-15-25-21(18)30-19-6-5-10-23-16(19)2/h5-6,9-10,13,15,17H,7-8,11-12,14H2,1-2H3. The average molecular weight is 405 g/mol. The Bertz CT molecular complexity index is 1110. The Morgan fingerprint density at radius 3 is 2.83 bits per heavy atom. The fourth-order valence-corrected chi connectivity index (χ4v) is 3.59. The summed E-state index contributed by atoms with van der Waals surface area (Å²) in [7, 11) is 0. The highest BCUT2D eigenvalue weighted by molar-refractivity contribution is 5.81. The molecule has 1 saturated heterocycles. The number of carbonyl (C=O) groups is 1. The van der Waals surface area contributed by atoms with Crippen molar-refractivity contribution in [2.75, 3.05) is 19.7 Å². The fourth-order valence-electron chi connectivity index (χ4n) is 3.59. The maximum atomic E-state index is 12.1. The molecule has 0 N–H and O–H groups in total.